The normalized spacial score (nSPS) is 35.5. The van der Waals surface area contributed by atoms with Gasteiger partial charge < -0.3 is 71.4 Å². The van der Waals surface area contributed by atoms with Gasteiger partial charge in [-0.15, -0.1) is 0 Å². The van der Waals surface area contributed by atoms with Gasteiger partial charge in [-0.3, -0.25) is 0 Å². The molecule has 6 aliphatic rings. The molecule has 6 heterocycles. The molecule has 0 spiro atoms. The summed E-state index contributed by atoms with van der Waals surface area (Å²) in [4.78, 5) is 6.48. The summed E-state index contributed by atoms with van der Waals surface area (Å²) in [6, 6.07) is 41.7. The highest BCUT2D eigenvalue weighted by Crippen LogP contribution is 2.44. The fourth-order valence-corrected chi connectivity index (χ4v) is 10.1. The molecule has 0 radical (unpaired) electrons. The lowest BCUT2D eigenvalue weighted by Crippen LogP contribution is -2.68. The van der Waals surface area contributed by atoms with Crippen molar-refractivity contribution >= 4 is 0 Å². The molecule has 1 N–H and O–H groups in total. The summed E-state index contributed by atoms with van der Waals surface area (Å²) in [6.07, 6.45) is -17.1. The molecule has 11 rings (SSSR count). The van der Waals surface area contributed by atoms with Gasteiger partial charge in [0.15, 0.2) is 31.5 Å². The number of azide groups is 2. The van der Waals surface area contributed by atoms with Crippen LogP contribution in [0.25, 0.3) is 20.9 Å². The molecule has 0 amide bonds. The Hall–Kier alpha value is -6.20. The number of nitrogens with zero attached hydrogens (tertiary/aromatic N) is 6. The molecule has 5 aromatic carbocycles. The van der Waals surface area contributed by atoms with Crippen LogP contribution in [0.3, 0.4) is 0 Å². The predicted molar refractivity (Wildman–Crippen MR) is 256 cm³/mol. The Labute approximate surface area is 425 Å². The average molecular weight is 1020 g/mol. The summed E-state index contributed by atoms with van der Waals surface area (Å²) in [5.41, 5.74) is 23.6. The van der Waals surface area contributed by atoms with E-state index in [1.807, 2.05) is 121 Å². The summed E-state index contributed by atoms with van der Waals surface area (Å²) in [7, 11) is 1.55. The second kappa shape index (κ2) is 23.1. The Balaban J connectivity index is 0.933. The second-order valence-corrected chi connectivity index (χ2v) is 18.3. The number of aliphatic hydroxyl groups is 1. The molecule has 0 aromatic heterocycles. The maximum absolute atomic E-state index is 12.5. The number of benzene rings is 5. The fourth-order valence-electron chi connectivity index (χ4n) is 10.1. The second-order valence-electron chi connectivity index (χ2n) is 18.3. The van der Waals surface area contributed by atoms with Gasteiger partial charge in [0.1, 0.15) is 84.6 Å². The summed E-state index contributed by atoms with van der Waals surface area (Å²) < 4.78 is 90.7. The molecule has 3 unspecified atom stereocenters. The van der Waals surface area contributed by atoms with Crippen molar-refractivity contribution in [2.45, 2.75) is 117 Å². The average Bonchev–Trinajstić information content (AvgIpc) is 3.46. The molecule has 18 atom stereocenters. The van der Waals surface area contributed by atoms with E-state index in [9.17, 15) is 16.2 Å². The first-order valence-electron chi connectivity index (χ1n) is 24.4. The van der Waals surface area contributed by atoms with Crippen LogP contribution in [0.2, 0.25) is 0 Å². The molecule has 0 saturated carbocycles. The third-order valence-electron chi connectivity index (χ3n) is 13.7. The zero-order chi connectivity index (χ0) is 50.4. The molecule has 0 bridgehead atoms. The van der Waals surface area contributed by atoms with Gasteiger partial charge in [0.2, 0.25) is 6.29 Å². The highest BCUT2D eigenvalue weighted by molar-refractivity contribution is 5.31. The first-order valence-corrected chi connectivity index (χ1v) is 24.4. The number of ether oxygens (including phenoxy) is 14. The molecule has 386 valence electrons. The molecular formula is C53H54N6O15. The van der Waals surface area contributed by atoms with Gasteiger partial charge in [-0.1, -0.05) is 132 Å². The summed E-state index contributed by atoms with van der Waals surface area (Å²) in [6.45, 7) is 0.152. The fraction of sp³-hybridized carbons (Fsp3) is 0.434. The van der Waals surface area contributed by atoms with Crippen molar-refractivity contribution in [1.82, 2.24) is 0 Å². The Morgan fingerprint density at radius 3 is 1.38 bits per heavy atom. The van der Waals surface area contributed by atoms with Crippen LogP contribution in [0.1, 0.15) is 41.1 Å². The van der Waals surface area contributed by atoms with Gasteiger partial charge in [-0.2, -0.15) is 0 Å². The Morgan fingerprint density at radius 2 is 0.905 bits per heavy atom. The zero-order valence-electron chi connectivity index (χ0n) is 39.9. The van der Waals surface area contributed by atoms with Crippen LogP contribution in [0, 0.1) is 0 Å². The van der Waals surface area contributed by atoms with Gasteiger partial charge in [0.25, 0.3) is 0 Å². The van der Waals surface area contributed by atoms with Crippen molar-refractivity contribution in [3.05, 3.63) is 189 Å². The minimum Gasteiger partial charge on any atom is -0.497 e. The van der Waals surface area contributed by atoms with Gasteiger partial charge in [-0.25, -0.2) is 0 Å². The van der Waals surface area contributed by atoms with Crippen LogP contribution < -0.4 is 9.47 Å². The first-order chi connectivity index (χ1) is 36.4. The quantitative estimate of drug-likeness (QED) is 0.0600. The van der Waals surface area contributed by atoms with E-state index in [-0.39, 0.29) is 26.4 Å². The Morgan fingerprint density at radius 1 is 0.500 bits per heavy atom. The maximum Gasteiger partial charge on any atom is 0.211 e. The standard InChI is InChI=1S/C53H54N6O15/c1-61-34-22-24-35(25-23-34)66-51-39(56-58-54)45(42-36(67-51)27-63-48(70-42)31-16-8-3-9-17-31)73-52-40(57-59-55)46(43-37(68-52)28-64-49(71-43)32-18-10-4-11-19-32)74-53-41(60)47(62-26-30-14-6-2-7-15-30)44-38(69-53)29-65-50(72-44)33-20-12-5-13-21-33/h2-25,36-53,60H,26-29H2,1H3/t36-,37-,38-,39-,40-,41-,42-,43+,44+,45-,46-,47-,48?,49?,50?,51+,52-,53+/m1/s1. The third-order valence-corrected chi connectivity index (χ3v) is 13.7. The van der Waals surface area contributed by atoms with Gasteiger partial charge in [0.05, 0.1) is 33.5 Å². The molecule has 21 nitrogen and oxygen atoms in total. The lowest BCUT2D eigenvalue weighted by atomic mass is 9.93. The molecule has 0 aliphatic carbocycles. The van der Waals surface area contributed by atoms with Crippen molar-refractivity contribution in [2.24, 2.45) is 10.2 Å². The molecule has 5 aromatic rings. The topological polar surface area (TPSA) is 247 Å². The van der Waals surface area contributed by atoms with Gasteiger partial charge >= 0.3 is 0 Å². The molecule has 6 fully saturated rings. The van der Waals surface area contributed by atoms with E-state index >= 15 is 0 Å². The van der Waals surface area contributed by atoms with E-state index < -0.39 is 111 Å². The van der Waals surface area contributed by atoms with Crippen LogP contribution in [-0.4, -0.2) is 124 Å². The van der Waals surface area contributed by atoms with Crippen molar-refractivity contribution in [3.8, 4) is 11.5 Å². The first kappa shape index (κ1) is 50.0. The third kappa shape index (κ3) is 10.8. The van der Waals surface area contributed by atoms with E-state index in [1.165, 1.54) is 0 Å². The van der Waals surface area contributed by atoms with E-state index in [0.29, 0.717) is 22.6 Å². The van der Waals surface area contributed by atoms with Crippen molar-refractivity contribution in [1.29, 1.82) is 0 Å². The maximum atomic E-state index is 12.5. The van der Waals surface area contributed by atoms with Gasteiger partial charge in [0, 0.05) is 26.5 Å². The van der Waals surface area contributed by atoms with Gasteiger partial charge in [-0.05, 0) is 40.9 Å². The lowest BCUT2D eigenvalue weighted by Gasteiger charge is -2.53. The van der Waals surface area contributed by atoms with Crippen LogP contribution >= 0.6 is 0 Å². The van der Waals surface area contributed by atoms with E-state index in [0.717, 1.165) is 11.1 Å². The Bertz CT molecular complexity index is 2700. The monoisotopic (exact) mass is 1010 g/mol. The number of rotatable bonds is 15. The lowest BCUT2D eigenvalue weighted by molar-refractivity contribution is -0.403. The zero-order valence-corrected chi connectivity index (χ0v) is 39.9. The molecule has 74 heavy (non-hydrogen) atoms. The van der Waals surface area contributed by atoms with Crippen molar-refractivity contribution in [2.75, 3.05) is 26.9 Å². The van der Waals surface area contributed by atoms with Crippen molar-refractivity contribution < 1.29 is 71.4 Å². The number of methoxy groups -OCH3 is 1. The number of fused-ring (bicyclic) bond motifs is 3. The smallest absolute Gasteiger partial charge is 0.211 e. The summed E-state index contributed by atoms with van der Waals surface area (Å²) in [5.74, 6) is 0.963. The molecular weight excluding hydrogens is 961 g/mol. The number of hydrogen-bond acceptors (Lipinski definition) is 17. The number of hydrogen-bond donors (Lipinski definition) is 1. The highest BCUT2D eigenvalue weighted by Gasteiger charge is 2.59. The van der Waals surface area contributed by atoms with E-state index in [2.05, 4.69) is 20.1 Å². The Kier molecular flexibility index (Phi) is 15.6. The minimum absolute atomic E-state index is 0.0198. The van der Waals surface area contributed by atoms with Crippen LogP contribution in [-0.2, 0) is 63.4 Å². The SMILES string of the molecule is COc1ccc(O[C@H]2O[C@@H]3COC(c4ccccc4)O[C@H]3[C@H](O[C@H]3O[C@@H]4COC(c5ccccc5)O[C@@H]4[C@H](O[C@@H]4O[C@@H]5COC(c6ccccc6)O[C@@H]5[C@H](OCc5ccccc5)[C@H]4O)[C@H]3N=[N+]=[N-])[C@H]2N=[N+]=[N-])cc1. The van der Waals surface area contributed by atoms with E-state index in [1.54, 1.807) is 31.4 Å². The predicted octanol–water partition coefficient (Wildman–Crippen LogP) is 7.67. The molecule has 6 aliphatic heterocycles. The largest absolute Gasteiger partial charge is 0.497 e. The summed E-state index contributed by atoms with van der Waals surface area (Å²) in [5, 5.41) is 21.0. The minimum atomic E-state index is -1.49. The molecule has 6 saturated heterocycles. The van der Waals surface area contributed by atoms with Crippen LogP contribution in [0.4, 0.5) is 0 Å². The van der Waals surface area contributed by atoms with Crippen LogP contribution in [0.15, 0.2) is 156 Å². The molecule has 21 heteroatoms. The summed E-state index contributed by atoms with van der Waals surface area (Å²) >= 11 is 0. The van der Waals surface area contributed by atoms with Crippen LogP contribution in [0.5, 0.6) is 11.5 Å². The number of aliphatic hydroxyl groups excluding tert-OH is 1. The van der Waals surface area contributed by atoms with E-state index in [4.69, 9.17) is 66.3 Å². The van der Waals surface area contributed by atoms with Crippen molar-refractivity contribution in [3.63, 3.8) is 0 Å². The highest BCUT2D eigenvalue weighted by atomic mass is 16.8.